The van der Waals surface area contributed by atoms with Crippen LogP contribution in [0.5, 0.6) is 0 Å². The van der Waals surface area contributed by atoms with E-state index >= 15 is 0 Å². The van der Waals surface area contributed by atoms with Crippen LogP contribution in [0.3, 0.4) is 0 Å². The summed E-state index contributed by atoms with van der Waals surface area (Å²) in [5, 5.41) is 0.472. The molecule has 0 heterocycles. The Morgan fingerprint density at radius 3 is 2.56 bits per heavy atom. The summed E-state index contributed by atoms with van der Waals surface area (Å²) >= 11 is 9.43. The minimum Gasteiger partial charge on any atom is -0.207 e. The van der Waals surface area contributed by atoms with Gasteiger partial charge in [-0.05, 0) is 18.2 Å². The second kappa shape index (κ2) is 2.58. The van der Waals surface area contributed by atoms with Crippen LogP contribution in [0, 0.1) is 5.82 Å². The summed E-state index contributed by atoms with van der Waals surface area (Å²) in [7, 11) is 0. The maximum absolute atomic E-state index is 12.2. The van der Waals surface area contributed by atoms with Crippen molar-refractivity contribution in [2.24, 2.45) is 0 Å². The molecule has 0 radical (unpaired) electrons. The maximum Gasteiger partial charge on any atom is 0.124 e. The standard InChI is InChI=1S/C6H4ClFS/c7-5-2-1-4(8)3-6(5)9/h1-3,9H. The van der Waals surface area contributed by atoms with Gasteiger partial charge in [0, 0.05) is 4.90 Å². The molecule has 0 aliphatic heterocycles. The second-order valence-electron chi connectivity index (χ2n) is 1.60. The van der Waals surface area contributed by atoms with Crippen molar-refractivity contribution < 1.29 is 4.39 Å². The first-order valence-corrected chi connectivity index (χ1v) is 3.16. The van der Waals surface area contributed by atoms with E-state index in [1.807, 2.05) is 0 Å². The van der Waals surface area contributed by atoms with E-state index < -0.39 is 0 Å². The average Bonchev–Trinajstić information content (AvgIpc) is 1.80. The van der Waals surface area contributed by atoms with Gasteiger partial charge in [-0.25, -0.2) is 4.39 Å². The Kier molecular flexibility index (Phi) is 1.98. The molecule has 9 heavy (non-hydrogen) atoms. The molecule has 0 N–H and O–H groups in total. The average molecular weight is 163 g/mol. The molecule has 0 atom stereocenters. The minimum absolute atomic E-state index is 0.315. The lowest BCUT2D eigenvalue weighted by molar-refractivity contribution is 0.624. The Balaban J connectivity index is 3.17. The quantitative estimate of drug-likeness (QED) is 0.558. The molecule has 0 nitrogen and oxygen atoms in total. The predicted octanol–water partition coefficient (Wildman–Crippen LogP) is 2.77. The first-order chi connectivity index (χ1) is 4.20. The number of hydrogen-bond acceptors (Lipinski definition) is 1. The summed E-state index contributed by atoms with van der Waals surface area (Å²) in [4.78, 5) is 0.469. The Labute approximate surface area is 63.1 Å². The summed E-state index contributed by atoms with van der Waals surface area (Å²) < 4.78 is 12.2. The molecule has 0 amide bonds. The molecule has 0 unspecified atom stereocenters. The topological polar surface area (TPSA) is 0 Å². The highest BCUT2D eigenvalue weighted by molar-refractivity contribution is 7.80. The third-order valence-electron chi connectivity index (χ3n) is 0.908. The lowest BCUT2D eigenvalue weighted by Gasteiger charge is -1.93. The van der Waals surface area contributed by atoms with Gasteiger partial charge >= 0.3 is 0 Å². The number of rotatable bonds is 0. The molecule has 0 fully saturated rings. The van der Waals surface area contributed by atoms with E-state index in [0.717, 1.165) is 0 Å². The van der Waals surface area contributed by atoms with Gasteiger partial charge in [-0.3, -0.25) is 0 Å². The van der Waals surface area contributed by atoms with Crippen molar-refractivity contribution in [3.8, 4) is 0 Å². The van der Waals surface area contributed by atoms with Gasteiger partial charge in [-0.1, -0.05) is 11.6 Å². The lowest BCUT2D eigenvalue weighted by Crippen LogP contribution is -1.73. The van der Waals surface area contributed by atoms with Crippen molar-refractivity contribution >= 4 is 24.2 Å². The maximum atomic E-state index is 12.2. The van der Waals surface area contributed by atoms with E-state index in [-0.39, 0.29) is 5.82 Å². The van der Waals surface area contributed by atoms with E-state index in [1.165, 1.54) is 18.2 Å². The van der Waals surface area contributed by atoms with Crippen LogP contribution < -0.4 is 0 Å². The predicted molar refractivity (Wildman–Crippen MR) is 38.7 cm³/mol. The lowest BCUT2D eigenvalue weighted by atomic mass is 10.3. The van der Waals surface area contributed by atoms with Gasteiger partial charge in [0.05, 0.1) is 5.02 Å². The van der Waals surface area contributed by atoms with E-state index in [1.54, 1.807) is 0 Å². The van der Waals surface area contributed by atoms with Crippen LogP contribution in [0.15, 0.2) is 23.1 Å². The van der Waals surface area contributed by atoms with Crippen LogP contribution >= 0.6 is 24.2 Å². The zero-order chi connectivity index (χ0) is 6.85. The SMILES string of the molecule is Fc1ccc(Cl)c(S)c1. The van der Waals surface area contributed by atoms with Crippen LogP contribution in [-0.4, -0.2) is 0 Å². The smallest absolute Gasteiger partial charge is 0.124 e. The number of hydrogen-bond donors (Lipinski definition) is 1. The molecule has 0 aliphatic carbocycles. The van der Waals surface area contributed by atoms with Crippen LogP contribution in [-0.2, 0) is 0 Å². The monoisotopic (exact) mass is 162 g/mol. The molecular formula is C6H4ClFS. The molecule has 0 bridgehead atoms. The summed E-state index contributed by atoms with van der Waals surface area (Å²) in [5.41, 5.74) is 0. The van der Waals surface area contributed by atoms with Gasteiger partial charge < -0.3 is 0 Å². The summed E-state index contributed by atoms with van der Waals surface area (Å²) in [5.74, 6) is -0.315. The van der Waals surface area contributed by atoms with E-state index in [2.05, 4.69) is 12.6 Å². The van der Waals surface area contributed by atoms with Crippen LogP contribution in [0.4, 0.5) is 4.39 Å². The highest BCUT2D eigenvalue weighted by Crippen LogP contribution is 2.19. The van der Waals surface area contributed by atoms with Gasteiger partial charge in [0.15, 0.2) is 0 Å². The first kappa shape index (κ1) is 6.90. The fraction of sp³-hybridized carbons (Fsp3) is 0. The van der Waals surface area contributed by atoms with Crippen LogP contribution in [0.1, 0.15) is 0 Å². The van der Waals surface area contributed by atoms with E-state index in [0.29, 0.717) is 9.92 Å². The molecule has 0 aromatic heterocycles. The van der Waals surface area contributed by atoms with Crippen molar-refractivity contribution in [3.63, 3.8) is 0 Å². The summed E-state index contributed by atoms with van der Waals surface area (Å²) in [6.07, 6.45) is 0. The van der Waals surface area contributed by atoms with Crippen LogP contribution in [0.2, 0.25) is 5.02 Å². The minimum atomic E-state index is -0.315. The first-order valence-electron chi connectivity index (χ1n) is 2.34. The summed E-state index contributed by atoms with van der Waals surface area (Å²) in [6, 6.07) is 4.03. The zero-order valence-electron chi connectivity index (χ0n) is 4.44. The molecule has 1 aromatic carbocycles. The van der Waals surface area contributed by atoms with Gasteiger partial charge in [0.1, 0.15) is 5.82 Å². The molecule has 0 saturated heterocycles. The van der Waals surface area contributed by atoms with Gasteiger partial charge in [-0.2, -0.15) is 0 Å². The third kappa shape index (κ3) is 1.60. The Morgan fingerprint density at radius 2 is 2.11 bits per heavy atom. The fourth-order valence-electron chi connectivity index (χ4n) is 0.486. The van der Waals surface area contributed by atoms with Crippen molar-refractivity contribution in [1.29, 1.82) is 0 Å². The van der Waals surface area contributed by atoms with Crippen molar-refractivity contribution in [2.45, 2.75) is 4.90 Å². The van der Waals surface area contributed by atoms with Gasteiger partial charge in [0.25, 0.3) is 0 Å². The number of halogens is 2. The molecule has 1 aromatic rings. The fourth-order valence-corrected chi connectivity index (χ4v) is 0.801. The molecule has 1 rings (SSSR count). The second-order valence-corrected chi connectivity index (χ2v) is 2.48. The van der Waals surface area contributed by atoms with Crippen molar-refractivity contribution in [3.05, 3.63) is 29.0 Å². The van der Waals surface area contributed by atoms with Crippen LogP contribution in [0.25, 0.3) is 0 Å². The molecule has 0 spiro atoms. The number of benzene rings is 1. The Morgan fingerprint density at radius 1 is 1.44 bits per heavy atom. The van der Waals surface area contributed by atoms with E-state index in [4.69, 9.17) is 11.6 Å². The molecular weight excluding hydrogens is 159 g/mol. The zero-order valence-corrected chi connectivity index (χ0v) is 6.09. The molecule has 3 heteroatoms. The van der Waals surface area contributed by atoms with Gasteiger partial charge in [-0.15, -0.1) is 12.6 Å². The van der Waals surface area contributed by atoms with Crippen molar-refractivity contribution in [2.75, 3.05) is 0 Å². The molecule has 48 valence electrons. The van der Waals surface area contributed by atoms with E-state index in [9.17, 15) is 4.39 Å². The summed E-state index contributed by atoms with van der Waals surface area (Å²) in [6.45, 7) is 0. The molecule has 0 aliphatic rings. The normalized spacial score (nSPS) is 9.67. The Bertz CT molecular complexity index is 224. The molecule has 0 saturated carbocycles. The van der Waals surface area contributed by atoms with Gasteiger partial charge in [0.2, 0.25) is 0 Å². The van der Waals surface area contributed by atoms with Crippen molar-refractivity contribution in [1.82, 2.24) is 0 Å². The largest absolute Gasteiger partial charge is 0.207 e. The highest BCUT2D eigenvalue weighted by Gasteiger charge is 1.94. The Hall–Kier alpha value is -0.210. The number of thiol groups is 1. The highest BCUT2D eigenvalue weighted by atomic mass is 35.5. The third-order valence-corrected chi connectivity index (χ3v) is 1.74.